The van der Waals surface area contributed by atoms with E-state index in [0.717, 1.165) is 93.5 Å². The van der Waals surface area contributed by atoms with Crippen LogP contribution >= 0.6 is 0 Å². The maximum absolute atomic E-state index is 6.57. The molecule has 0 saturated carbocycles. The average molecular weight is 701 g/mol. The average Bonchev–Trinajstić information content (AvgIpc) is 3.69. The molecule has 5 heteroatoms. The Morgan fingerprint density at radius 2 is 0.691 bits per heavy atom. The van der Waals surface area contributed by atoms with Crippen LogP contribution in [-0.2, 0) is 0 Å². The monoisotopic (exact) mass is 700 g/mol. The van der Waals surface area contributed by atoms with Crippen LogP contribution in [0.1, 0.15) is 0 Å². The number of oxazole rings is 1. The van der Waals surface area contributed by atoms with E-state index in [4.69, 9.17) is 24.4 Å². The van der Waals surface area contributed by atoms with E-state index in [1.165, 1.54) is 21.5 Å². The number of pyridine rings is 3. The normalized spacial score (nSPS) is 12.0. The molecular weight excluding hydrogens is 673 g/mol. The molecule has 0 aliphatic rings. The van der Waals surface area contributed by atoms with Crippen molar-refractivity contribution in [1.29, 1.82) is 0 Å². The molecule has 0 amide bonds. The number of hydrogen-bond acceptors (Lipinski definition) is 5. The fourth-order valence-corrected chi connectivity index (χ4v) is 8.82. The highest BCUT2D eigenvalue weighted by atomic mass is 16.3. The minimum atomic E-state index is 0.597. The van der Waals surface area contributed by atoms with Crippen LogP contribution in [0.15, 0.2) is 175 Å². The van der Waals surface area contributed by atoms with E-state index in [1.54, 1.807) is 0 Å². The van der Waals surface area contributed by atoms with Gasteiger partial charge in [0.1, 0.15) is 5.52 Å². The molecule has 0 spiro atoms. The molecule has 0 fully saturated rings. The van der Waals surface area contributed by atoms with E-state index < -0.39 is 0 Å². The third-order valence-electron chi connectivity index (χ3n) is 11.2. The number of para-hydroxylation sites is 5. The lowest BCUT2D eigenvalue weighted by molar-refractivity contribution is 0.620. The Balaban J connectivity index is 1.29. The number of hydrogen-bond donors (Lipinski definition) is 0. The van der Waals surface area contributed by atoms with Crippen molar-refractivity contribution in [2.24, 2.45) is 0 Å². The van der Waals surface area contributed by atoms with Gasteiger partial charge in [0.15, 0.2) is 5.58 Å². The van der Waals surface area contributed by atoms with Crippen molar-refractivity contribution in [1.82, 2.24) is 19.9 Å². The molecule has 4 heterocycles. The minimum absolute atomic E-state index is 0.597. The van der Waals surface area contributed by atoms with Crippen molar-refractivity contribution in [3.05, 3.63) is 170 Å². The second-order valence-electron chi connectivity index (χ2n) is 14.1. The maximum atomic E-state index is 6.57. The summed E-state index contributed by atoms with van der Waals surface area (Å²) in [5.74, 6) is 0.597. The fourth-order valence-electron chi connectivity index (χ4n) is 8.82. The summed E-state index contributed by atoms with van der Waals surface area (Å²) in [6, 6.07) is 53.4. The molecule has 55 heavy (non-hydrogen) atoms. The zero-order valence-corrected chi connectivity index (χ0v) is 29.4. The molecule has 12 aromatic rings. The summed E-state index contributed by atoms with van der Waals surface area (Å²) >= 11 is 0. The van der Waals surface area contributed by atoms with Gasteiger partial charge in [-0.15, -0.1) is 0 Å². The topological polar surface area (TPSA) is 64.7 Å². The summed E-state index contributed by atoms with van der Waals surface area (Å²) < 4.78 is 6.57. The largest absolute Gasteiger partial charge is 0.436 e. The van der Waals surface area contributed by atoms with E-state index in [2.05, 4.69) is 121 Å². The number of benzene rings is 8. The lowest BCUT2D eigenvalue weighted by atomic mass is 9.82. The lowest BCUT2D eigenvalue weighted by Crippen LogP contribution is -1.96. The number of rotatable bonds is 4. The fraction of sp³-hybridized carbons (Fsp3) is 0. The lowest BCUT2D eigenvalue weighted by Gasteiger charge is -2.22. The highest BCUT2D eigenvalue weighted by Gasteiger charge is 2.24. The number of fused-ring (bicyclic) bond motifs is 4. The highest BCUT2D eigenvalue weighted by molar-refractivity contribution is 6.33. The van der Waals surface area contributed by atoms with Crippen LogP contribution in [0, 0.1) is 0 Å². The predicted octanol–water partition coefficient (Wildman–Crippen LogP) is 13.0. The number of nitrogens with zero attached hydrogens (tertiary/aromatic N) is 4. The Bertz CT molecular complexity index is 3360. The van der Waals surface area contributed by atoms with Gasteiger partial charge >= 0.3 is 0 Å². The van der Waals surface area contributed by atoms with Crippen molar-refractivity contribution in [2.45, 2.75) is 0 Å². The molecule has 254 valence electrons. The van der Waals surface area contributed by atoms with Gasteiger partial charge in [0.2, 0.25) is 5.89 Å². The first-order valence-corrected chi connectivity index (χ1v) is 18.5. The summed E-state index contributed by atoms with van der Waals surface area (Å²) in [4.78, 5) is 19.3. The third-order valence-corrected chi connectivity index (χ3v) is 11.2. The van der Waals surface area contributed by atoms with Gasteiger partial charge in [-0.25, -0.2) is 4.98 Å². The Kier molecular flexibility index (Phi) is 6.27. The van der Waals surface area contributed by atoms with E-state index >= 15 is 0 Å². The predicted molar refractivity (Wildman–Crippen MR) is 225 cm³/mol. The summed E-state index contributed by atoms with van der Waals surface area (Å²) in [7, 11) is 0. The van der Waals surface area contributed by atoms with Crippen LogP contribution in [0.3, 0.4) is 0 Å². The molecule has 0 aliphatic heterocycles. The summed E-state index contributed by atoms with van der Waals surface area (Å²) in [6.45, 7) is 0. The first kappa shape index (κ1) is 30.0. The Morgan fingerprint density at radius 1 is 0.309 bits per heavy atom. The van der Waals surface area contributed by atoms with E-state index in [-0.39, 0.29) is 0 Å². The molecule has 0 N–H and O–H groups in total. The van der Waals surface area contributed by atoms with E-state index in [0.29, 0.717) is 5.89 Å². The minimum Gasteiger partial charge on any atom is -0.436 e. The Morgan fingerprint density at radius 3 is 1.15 bits per heavy atom. The SMILES string of the molecule is c1ccc2oc(-c3cc(-c4ccnc5ccccc45)c4ccc5c(-c6ccnc7ccccc67)cc(-c6ccnc7ccccc67)c6ccc3c4c65)nc2c1. The van der Waals surface area contributed by atoms with Crippen molar-refractivity contribution < 1.29 is 4.42 Å². The molecule has 8 aromatic carbocycles. The third kappa shape index (κ3) is 4.41. The summed E-state index contributed by atoms with van der Waals surface area (Å²) in [5.41, 5.74) is 12.2. The van der Waals surface area contributed by atoms with Gasteiger partial charge in [-0.1, -0.05) is 91.0 Å². The molecule has 0 atom stereocenters. The van der Waals surface area contributed by atoms with E-state index in [9.17, 15) is 0 Å². The molecule has 5 nitrogen and oxygen atoms in total. The van der Waals surface area contributed by atoms with Gasteiger partial charge < -0.3 is 4.42 Å². The molecule has 12 rings (SSSR count). The smallest absolute Gasteiger partial charge is 0.227 e. The van der Waals surface area contributed by atoms with Gasteiger partial charge in [0.25, 0.3) is 0 Å². The van der Waals surface area contributed by atoms with Gasteiger partial charge in [0, 0.05) is 40.3 Å². The van der Waals surface area contributed by atoms with Gasteiger partial charge in [-0.2, -0.15) is 0 Å². The quantitative estimate of drug-likeness (QED) is 0.171. The van der Waals surface area contributed by atoms with Crippen molar-refractivity contribution in [3.8, 4) is 44.8 Å². The zero-order valence-electron chi connectivity index (χ0n) is 29.4. The molecular formula is C50H28N4O. The van der Waals surface area contributed by atoms with Crippen LogP contribution in [0.25, 0.3) is 121 Å². The summed E-state index contributed by atoms with van der Waals surface area (Å²) in [6.07, 6.45) is 5.76. The van der Waals surface area contributed by atoms with Crippen LogP contribution in [-0.4, -0.2) is 19.9 Å². The van der Waals surface area contributed by atoms with Gasteiger partial charge in [0.05, 0.1) is 16.6 Å². The molecule has 0 bridgehead atoms. The second-order valence-corrected chi connectivity index (χ2v) is 14.1. The van der Waals surface area contributed by atoms with Crippen molar-refractivity contribution in [2.75, 3.05) is 0 Å². The second kappa shape index (κ2) is 11.5. The molecule has 0 unspecified atom stereocenters. The standard InChI is InChI=1S/C50H28N4O/c1-4-12-43-32(9-1)29(21-24-51-43)39-27-40(30-22-25-52-44-13-5-2-10-33(30)44)36-19-20-38-42(50-54-46-15-7-8-16-47(46)55-50)28-41(37-18-17-35(39)48(36)49(37)38)31-23-26-53-45-14-6-3-11-34(31)45/h1-28H. The van der Waals surface area contributed by atoms with Gasteiger partial charge in [-0.3, -0.25) is 15.0 Å². The molecule has 0 aliphatic carbocycles. The number of aromatic nitrogens is 4. The maximum Gasteiger partial charge on any atom is 0.227 e. The Hall–Kier alpha value is -7.50. The van der Waals surface area contributed by atoms with Crippen LogP contribution in [0.4, 0.5) is 0 Å². The first-order chi connectivity index (χ1) is 27.3. The first-order valence-electron chi connectivity index (χ1n) is 18.5. The van der Waals surface area contributed by atoms with Crippen molar-refractivity contribution >= 4 is 76.1 Å². The molecule has 0 saturated heterocycles. The van der Waals surface area contributed by atoms with Crippen molar-refractivity contribution in [3.63, 3.8) is 0 Å². The van der Waals surface area contributed by atoms with Crippen LogP contribution in [0.2, 0.25) is 0 Å². The molecule has 0 radical (unpaired) electrons. The van der Waals surface area contributed by atoms with Gasteiger partial charge in [-0.05, 0) is 126 Å². The Labute approximate surface area is 314 Å². The highest BCUT2D eigenvalue weighted by Crippen LogP contribution is 2.50. The van der Waals surface area contributed by atoms with E-state index in [1.807, 2.05) is 48.9 Å². The summed E-state index contributed by atoms with van der Waals surface area (Å²) in [5, 5.41) is 10.3. The van der Waals surface area contributed by atoms with Crippen LogP contribution in [0.5, 0.6) is 0 Å². The van der Waals surface area contributed by atoms with Crippen LogP contribution < -0.4 is 0 Å². The molecule has 4 aromatic heterocycles. The zero-order chi connectivity index (χ0) is 36.0.